The van der Waals surface area contributed by atoms with Gasteiger partial charge in [-0.15, -0.1) is 0 Å². The smallest absolute Gasteiger partial charge is 0.259 e. The molecule has 0 aliphatic carbocycles. The molecule has 1 unspecified atom stereocenters. The van der Waals surface area contributed by atoms with Gasteiger partial charge >= 0.3 is 0 Å². The summed E-state index contributed by atoms with van der Waals surface area (Å²) in [6, 6.07) is 11.7. The van der Waals surface area contributed by atoms with E-state index in [1.165, 1.54) is 31.4 Å². The summed E-state index contributed by atoms with van der Waals surface area (Å²) >= 11 is 0. The van der Waals surface area contributed by atoms with Crippen LogP contribution in [0.5, 0.6) is 5.75 Å². The number of ether oxygens (including phenoxy) is 1. The lowest BCUT2D eigenvalue weighted by molar-refractivity contribution is -0.120. The minimum absolute atomic E-state index is 0.0564. The molecule has 9 heteroatoms. The van der Waals surface area contributed by atoms with Crippen LogP contribution in [-0.2, 0) is 9.59 Å². The Hall–Kier alpha value is -4.14. The Morgan fingerprint density at radius 1 is 1.06 bits per heavy atom. The minimum Gasteiger partial charge on any atom is -0.497 e. The van der Waals surface area contributed by atoms with Crippen LogP contribution in [0.4, 0.5) is 15.8 Å². The molecule has 2 aromatic carbocycles. The molecule has 0 aliphatic heterocycles. The Morgan fingerprint density at radius 2 is 1.79 bits per heavy atom. The van der Waals surface area contributed by atoms with E-state index in [1.54, 1.807) is 38.3 Å². The molecule has 0 aliphatic rings. The minimum atomic E-state index is -0.656. The summed E-state index contributed by atoms with van der Waals surface area (Å²) in [6.45, 7) is 2.99. The van der Waals surface area contributed by atoms with E-state index in [0.717, 1.165) is 11.6 Å². The number of hydrogen-bond donors (Lipinski definition) is 3. The van der Waals surface area contributed by atoms with Crippen molar-refractivity contribution < 1.29 is 27.9 Å². The molecule has 33 heavy (non-hydrogen) atoms. The maximum absolute atomic E-state index is 14.2. The second-order valence-corrected chi connectivity index (χ2v) is 7.32. The first-order valence-corrected chi connectivity index (χ1v) is 10.1. The number of methoxy groups -OCH3 is 1. The number of carbonyl (C=O) groups excluding carboxylic acids is 3. The van der Waals surface area contributed by atoms with E-state index >= 15 is 0 Å². The molecule has 3 rings (SSSR count). The maximum atomic E-state index is 14.2. The van der Waals surface area contributed by atoms with Crippen LogP contribution in [0.25, 0.3) is 0 Å². The third-order valence-electron chi connectivity index (χ3n) is 4.89. The number of aryl methyl sites for hydroxylation is 1. The van der Waals surface area contributed by atoms with Gasteiger partial charge in [-0.1, -0.05) is 12.1 Å². The van der Waals surface area contributed by atoms with Crippen LogP contribution in [0, 0.1) is 12.7 Å². The number of furan rings is 1. The zero-order valence-corrected chi connectivity index (χ0v) is 18.4. The Morgan fingerprint density at radius 3 is 2.39 bits per heavy atom. The number of benzene rings is 2. The van der Waals surface area contributed by atoms with Crippen molar-refractivity contribution in [2.24, 2.45) is 0 Å². The third-order valence-corrected chi connectivity index (χ3v) is 4.89. The van der Waals surface area contributed by atoms with Crippen LogP contribution in [0.3, 0.4) is 0 Å². The van der Waals surface area contributed by atoms with E-state index in [9.17, 15) is 18.8 Å². The standard InChI is InChI=1S/C24H24FN3O5/c1-14-19(10-11-33-14)24(31)28-22-12-17(6-9-20(22)25)27-23(30)13-21(26-15(2)29)16-4-7-18(32-3)8-5-16/h4-12,21H,13H2,1-3H3,(H,26,29)(H,27,30)(H,28,31). The van der Waals surface area contributed by atoms with Crippen molar-refractivity contribution in [2.75, 3.05) is 17.7 Å². The number of halogens is 1. The highest BCUT2D eigenvalue weighted by Gasteiger charge is 2.19. The molecule has 3 aromatic rings. The van der Waals surface area contributed by atoms with Crippen molar-refractivity contribution >= 4 is 29.1 Å². The molecule has 1 aromatic heterocycles. The van der Waals surface area contributed by atoms with Crippen molar-refractivity contribution in [2.45, 2.75) is 26.3 Å². The highest BCUT2D eigenvalue weighted by atomic mass is 19.1. The molecular weight excluding hydrogens is 429 g/mol. The van der Waals surface area contributed by atoms with Gasteiger partial charge in [-0.2, -0.15) is 0 Å². The van der Waals surface area contributed by atoms with Crippen LogP contribution in [0.1, 0.15) is 41.1 Å². The first-order valence-electron chi connectivity index (χ1n) is 10.1. The highest BCUT2D eigenvalue weighted by molar-refractivity contribution is 6.05. The van der Waals surface area contributed by atoms with E-state index < -0.39 is 23.7 Å². The molecular formula is C24H24FN3O5. The topological polar surface area (TPSA) is 110 Å². The molecule has 1 atom stereocenters. The van der Waals surface area contributed by atoms with Crippen LogP contribution in [-0.4, -0.2) is 24.8 Å². The zero-order valence-electron chi connectivity index (χ0n) is 18.4. The van der Waals surface area contributed by atoms with Crippen molar-refractivity contribution in [1.29, 1.82) is 0 Å². The fraction of sp³-hybridized carbons (Fsp3) is 0.208. The Bertz CT molecular complexity index is 1160. The lowest BCUT2D eigenvalue weighted by atomic mass is 10.0. The monoisotopic (exact) mass is 453 g/mol. The maximum Gasteiger partial charge on any atom is 0.259 e. The van der Waals surface area contributed by atoms with Gasteiger partial charge in [-0.3, -0.25) is 14.4 Å². The number of nitrogens with one attached hydrogen (secondary N) is 3. The zero-order chi connectivity index (χ0) is 24.0. The van der Waals surface area contributed by atoms with Gasteiger partial charge in [0.15, 0.2) is 0 Å². The molecule has 0 saturated heterocycles. The quantitative estimate of drug-likeness (QED) is 0.474. The molecule has 8 nitrogen and oxygen atoms in total. The molecule has 172 valence electrons. The van der Waals surface area contributed by atoms with Gasteiger partial charge < -0.3 is 25.1 Å². The van der Waals surface area contributed by atoms with Gasteiger partial charge in [0.2, 0.25) is 11.8 Å². The lowest BCUT2D eigenvalue weighted by Crippen LogP contribution is -2.29. The average Bonchev–Trinajstić information content (AvgIpc) is 3.21. The second kappa shape index (κ2) is 10.4. The summed E-state index contributed by atoms with van der Waals surface area (Å²) in [5.41, 5.74) is 1.20. The van der Waals surface area contributed by atoms with Crippen LogP contribution < -0.4 is 20.7 Å². The molecule has 3 N–H and O–H groups in total. The summed E-state index contributed by atoms with van der Waals surface area (Å²) < 4.78 is 24.5. The van der Waals surface area contributed by atoms with E-state index in [-0.39, 0.29) is 29.3 Å². The number of anilines is 2. The Kier molecular flexibility index (Phi) is 7.45. The summed E-state index contributed by atoms with van der Waals surface area (Å²) in [5.74, 6) is -0.828. The lowest BCUT2D eigenvalue weighted by Gasteiger charge is -2.18. The molecule has 0 bridgehead atoms. The summed E-state index contributed by atoms with van der Waals surface area (Å²) in [4.78, 5) is 36.7. The highest BCUT2D eigenvalue weighted by Crippen LogP contribution is 2.24. The molecule has 0 spiro atoms. The summed E-state index contributed by atoms with van der Waals surface area (Å²) in [6.07, 6.45) is 1.31. The molecule has 1 heterocycles. The van der Waals surface area contributed by atoms with Gasteiger partial charge in [0, 0.05) is 12.6 Å². The van der Waals surface area contributed by atoms with Gasteiger partial charge in [-0.25, -0.2) is 4.39 Å². The predicted octanol–water partition coefficient (Wildman–Crippen LogP) is 4.19. The van der Waals surface area contributed by atoms with Crippen LogP contribution in [0.2, 0.25) is 0 Å². The number of amides is 3. The predicted molar refractivity (Wildman–Crippen MR) is 121 cm³/mol. The van der Waals surface area contributed by atoms with Gasteiger partial charge in [0.05, 0.1) is 37.1 Å². The van der Waals surface area contributed by atoms with Crippen molar-refractivity contribution in [3.63, 3.8) is 0 Å². The molecule has 0 saturated carbocycles. The number of hydrogen-bond acceptors (Lipinski definition) is 5. The molecule has 3 amide bonds. The summed E-state index contributed by atoms with van der Waals surface area (Å²) in [7, 11) is 1.55. The SMILES string of the molecule is COc1ccc(C(CC(=O)Nc2ccc(F)c(NC(=O)c3ccoc3C)c2)NC(C)=O)cc1. The second-order valence-electron chi connectivity index (χ2n) is 7.32. The first kappa shape index (κ1) is 23.5. The third kappa shape index (κ3) is 6.19. The number of rotatable bonds is 8. The first-order chi connectivity index (χ1) is 15.8. The van der Waals surface area contributed by atoms with Crippen molar-refractivity contribution in [3.8, 4) is 5.75 Å². The van der Waals surface area contributed by atoms with E-state index in [0.29, 0.717) is 11.5 Å². The molecule has 0 fully saturated rings. The normalized spacial score (nSPS) is 11.4. The van der Waals surface area contributed by atoms with Crippen molar-refractivity contribution in [1.82, 2.24) is 5.32 Å². The van der Waals surface area contributed by atoms with Gasteiger partial charge in [0.1, 0.15) is 17.3 Å². The van der Waals surface area contributed by atoms with E-state index in [2.05, 4.69) is 16.0 Å². The Labute approximate surface area is 190 Å². The van der Waals surface area contributed by atoms with Crippen LogP contribution >= 0.6 is 0 Å². The van der Waals surface area contributed by atoms with E-state index in [1.807, 2.05) is 0 Å². The summed E-state index contributed by atoms with van der Waals surface area (Å²) in [5, 5.41) is 7.90. The fourth-order valence-electron chi connectivity index (χ4n) is 3.24. The Balaban J connectivity index is 1.71. The molecule has 0 radical (unpaired) electrons. The average molecular weight is 453 g/mol. The number of carbonyl (C=O) groups is 3. The van der Waals surface area contributed by atoms with Crippen LogP contribution in [0.15, 0.2) is 59.2 Å². The largest absolute Gasteiger partial charge is 0.497 e. The van der Waals surface area contributed by atoms with Gasteiger partial charge in [0.25, 0.3) is 5.91 Å². The van der Waals surface area contributed by atoms with Gasteiger partial charge in [-0.05, 0) is 48.9 Å². The fourth-order valence-corrected chi connectivity index (χ4v) is 3.24. The van der Waals surface area contributed by atoms with E-state index in [4.69, 9.17) is 9.15 Å². The van der Waals surface area contributed by atoms with Crippen molar-refractivity contribution in [3.05, 3.63) is 77.5 Å².